The minimum Gasteiger partial charge on any atom is -0.296 e. The first-order valence-corrected chi connectivity index (χ1v) is 8.39. The van der Waals surface area contributed by atoms with E-state index in [2.05, 4.69) is 41.6 Å². The number of halogens is 1. The van der Waals surface area contributed by atoms with Crippen LogP contribution < -0.4 is 0 Å². The molecule has 1 aromatic heterocycles. The van der Waals surface area contributed by atoms with Crippen LogP contribution in [0.25, 0.3) is 10.6 Å². The lowest BCUT2D eigenvalue weighted by atomic mass is 10.2. The van der Waals surface area contributed by atoms with Gasteiger partial charge in [-0.15, -0.1) is 11.3 Å². The van der Waals surface area contributed by atoms with Gasteiger partial charge in [0.05, 0.1) is 5.69 Å². The third-order valence-electron chi connectivity index (χ3n) is 3.37. The van der Waals surface area contributed by atoms with Gasteiger partial charge >= 0.3 is 0 Å². The van der Waals surface area contributed by atoms with E-state index in [9.17, 15) is 0 Å². The average molecular weight is 329 g/mol. The quantitative estimate of drug-likeness (QED) is 0.648. The van der Waals surface area contributed by atoms with E-state index in [1.807, 2.05) is 30.3 Å². The van der Waals surface area contributed by atoms with Crippen molar-refractivity contribution in [3.8, 4) is 10.6 Å². The van der Waals surface area contributed by atoms with Gasteiger partial charge in [0.25, 0.3) is 0 Å². The highest BCUT2D eigenvalue weighted by atomic mass is 35.5. The van der Waals surface area contributed by atoms with Gasteiger partial charge < -0.3 is 0 Å². The summed E-state index contributed by atoms with van der Waals surface area (Å²) >= 11 is 7.60. The van der Waals surface area contributed by atoms with E-state index in [0.717, 1.165) is 34.4 Å². The summed E-state index contributed by atoms with van der Waals surface area (Å²) in [5.41, 5.74) is 3.54. The Bertz CT molecular complexity index is 722. The molecule has 0 saturated heterocycles. The van der Waals surface area contributed by atoms with Crippen LogP contribution in [-0.4, -0.2) is 16.9 Å². The standard InChI is InChI=1S/C18H17ClN2S/c1-21(11-14-5-3-2-4-6-14)12-17-13-22-18(20-17)15-7-9-16(19)10-8-15/h2-10,13H,11-12H2,1H3. The van der Waals surface area contributed by atoms with Gasteiger partial charge in [0.15, 0.2) is 0 Å². The Labute approximate surface area is 140 Å². The molecule has 2 aromatic carbocycles. The van der Waals surface area contributed by atoms with Gasteiger partial charge in [-0.3, -0.25) is 4.90 Å². The van der Waals surface area contributed by atoms with E-state index in [0.29, 0.717) is 0 Å². The largest absolute Gasteiger partial charge is 0.296 e. The lowest BCUT2D eigenvalue weighted by Gasteiger charge is -2.15. The number of thiazole rings is 1. The molecule has 0 bridgehead atoms. The fourth-order valence-corrected chi connectivity index (χ4v) is 3.28. The van der Waals surface area contributed by atoms with Crippen LogP contribution in [0.5, 0.6) is 0 Å². The van der Waals surface area contributed by atoms with Gasteiger partial charge in [0.1, 0.15) is 5.01 Å². The summed E-state index contributed by atoms with van der Waals surface area (Å²) in [6.45, 7) is 1.77. The summed E-state index contributed by atoms with van der Waals surface area (Å²) in [6, 6.07) is 18.3. The maximum Gasteiger partial charge on any atom is 0.123 e. The normalized spacial score (nSPS) is 11.0. The van der Waals surface area contributed by atoms with E-state index in [1.165, 1.54) is 5.56 Å². The molecule has 0 radical (unpaired) electrons. The molecule has 2 nitrogen and oxygen atoms in total. The lowest BCUT2D eigenvalue weighted by molar-refractivity contribution is 0.316. The number of hydrogen-bond donors (Lipinski definition) is 0. The van der Waals surface area contributed by atoms with Crippen LogP contribution in [-0.2, 0) is 13.1 Å². The predicted octanol–water partition coefficient (Wildman–Crippen LogP) is 5.10. The van der Waals surface area contributed by atoms with Crippen LogP contribution in [0.15, 0.2) is 60.0 Å². The van der Waals surface area contributed by atoms with Gasteiger partial charge in [0, 0.05) is 29.1 Å². The molecule has 0 N–H and O–H groups in total. The highest BCUT2D eigenvalue weighted by molar-refractivity contribution is 7.13. The molecule has 1 heterocycles. The van der Waals surface area contributed by atoms with Crippen molar-refractivity contribution in [3.63, 3.8) is 0 Å². The minimum absolute atomic E-state index is 0.753. The molecule has 3 rings (SSSR count). The first-order chi connectivity index (χ1) is 10.7. The molecule has 0 spiro atoms. The summed E-state index contributed by atoms with van der Waals surface area (Å²) in [7, 11) is 2.12. The molecule has 22 heavy (non-hydrogen) atoms. The smallest absolute Gasteiger partial charge is 0.123 e. The molecule has 0 saturated carbocycles. The van der Waals surface area contributed by atoms with Gasteiger partial charge in [-0.05, 0) is 24.7 Å². The second-order valence-electron chi connectivity index (χ2n) is 5.31. The van der Waals surface area contributed by atoms with E-state index in [-0.39, 0.29) is 0 Å². The van der Waals surface area contributed by atoms with E-state index in [1.54, 1.807) is 11.3 Å². The molecule has 112 valence electrons. The Morgan fingerprint density at radius 1 is 1.00 bits per heavy atom. The summed E-state index contributed by atoms with van der Waals surface area (Å²) in [6.07, 6.45) is 0. The van der Waals surface area contributed by atoms with Crippen LogP contribution in [0.4, 0.5) is 0 Å². The molecule has 3 aromatic rings. The van der Waals surface area contributed by atoms with Crippen molar-refractivity contribution in [1.82, 2.24) is 9.88 Å². The summed E-state index contributed by atoms with van der Waals surface area (Å²) in [5.74, 6) is 0. The SMILES string of the molecule is CN(Cc1ccccc1)Cc1csc(-c2ccc(Cl)cc2)n1. The number of aromatic nitrogens is 1. The number of nitrogens with zero attached hydrogens (tertiary/aromatic N) is 2. The van der Waals surface area contributed by atoms with Crippen molar-refractivity contribution in [1.29, 1.82) is 0 Å². The lowest BCUT2D eigenvalue weighted by Crippen LogP contribution is -2.17. The van der Waals surface area contributed by atoms with Crippen LogP contribution in [0.3, 0.4) is 0 Å². The van der Waals surface area contributed by atoms with Crippen molar-refractivity contribution >= 4 is 22.9 Å². The molecule has 0 aliphatic heterocycles. The number of hydrogen-bond acceptors (Lipinski definition) is 3. The van der Waals surface area contributed by atoms with E-state index >= 15 is 0 Å². The number of benzene rings is 2. The molecule has 0 unspecified atom stereocenters. The van der Waals surface area contributed by atoms with Crippen molar-refractivity contribution in [2.75, 3.05) is 7.05 Å². The van der Waals surface area contributed by atoms with Gasteiger partial charge in [-0.2, -0.15) is 0 Å². The zero-order valence-electron chi connectivity index (χ0n) is 12.4. The van der Waals surface area contributed by atoms with Crippen LogP contribution in [0.2, 0.25) is 5.02 Å². The molecule has 0 atom stereocenters. The minimum atomic E-state index is 0.753. The Kier molecular flexibility index (Phi) is 4.88. The third-order valence-corrected chi connectivity index (χ3v) is 4.56. The maximum absolute atomic E-state index is 5.93. The van der Waals surface area contributed by atoms with Crippen LogP contribution in [0, 0.1) is 0 Å². The van der Waals surface area contributed by atoms with Crippen molar-refractivity contribution in [2.24, 2.45) is 0 Å². The van der Waals surface area contributed by atoms with Crippen LogP contribution >= 0.6 is 22.9 Å². The molecule has 4 heteroatoms. The van der Waals surface area contributed by atoms with Crippen molar-refractivity contribution in [3.05, 3.63) is 76.3 Å². The first kappa shape index (κ1) is 15.2. The van der Waals surface area contributed by atoms with Gasteiger partial charge in [-0.1, -0.05) is 54.1 Å². The molecule has 0 aliphatic rings. The zero-order chi connectivity index (χ0) is 15.4. The van der Waals surface area contributed by atoms with Gasteiger partial charge in [0.2, 0.25) is 0 Å². The molecule has 0 aliphatic carbocycles. The maximum atomic E-state index is 5.93. The predicted molar refractivity (Wildman–Crippen MR) is 94.2 cm³/mol. The summed E-state index contributed by atoms with van der Waals surface area (Å²) < 4.78 is 0. The van der Waals surface area contributed by atoms with Crippen molar-refractivity contribution in [2.45, 2.75) is 13.1 Å². The third kappa shape index (κ3) is 3.95. The Morgan fingerprint density at radius 2 is 1.73 bits per heavy atom. The molecular weight excluding hydrogens is 312 g/mol. The fraction of sp³-hybridized carbons (Fsp3) is 0.167. The topological polar surface area (TPSA) is 16.1 Å². The summed E-state index contributed by atoms with van der Waals surface area (Å²) in [5, 5.41) is 3.92. The van der Waals surface area contributed by atoms with Gasteiger partial charge in [-0.25, -0.2) is 4.98 Å². The second kappa shape index (κ2) is 7.05. The van der Waals surface area contributed by atoms with Crippen molar-refractivity contribution < 1.29 is 0 Å². The average Bonchev–Trinajstić information content (AvgIpc) is 2.97. The fourth-order valence-electron chi connectivity index (χ4n) is 2.33. The molecule has 0 fully saturated rings. The number of rotatable bonds is 5. The van der Waals surface area contributed by atoms with E-state index < -0.39 is 0 Å². The Morgan fingerprint density at radius 3 is 2.45 bits per heavy atom. The van der Waals surface area contributed by atoms with Crippen LogP contribution in [0.1, 0.15) is 11.3 Å². The van der Waals surface area contributed by atoms with E-state index in [4.69, 9.17) is 16.6 Å². The summed E-state index contributed by atoms with van der Waals surface area (Å²) in [4.78, 5) is 7.00. The second-order valence-corrected chi connectivity index (χ2v) is 6.60. The monoisotopic (exact) mass is 328 g/mol. The highest BCUT2D eigenvalue weighted by Crippen LogP contribution is 2.25. The molecular formula is C18H17ClN2S. The Balaban J connectivity index is 1.65. The Hall–Kier alpha value is -1.68. The first-order valence-electron chi connectivity index (χ1n) is 7.13. The highest BCUT2D eigenvalue weighted by Gasteiger charge is 2.07. The zero-order valence-corrected chi connectivity index (χ0v) is 13.9. The molecule has 0 amide bonds.